The summed E-state index contributed by atoms with van der Waals surface area (Å²) < 4.78 is 6.93. The van der Waals surface area contributed by atoms with Crippen molar-refractivity contribution in [3.05, 3.63) is 35.0 Å². The van der Waals surface area contributed by atoms with Gasteiger partial charge in [-0.1, -0.05) is 5.16 Å². The van der Waals surface area contributed by atoms with E-state index < -0.39 is 0 Å². The van der Waals surface area contributed by atoms with Crippen molar-refractivity contribution >= 4 is 0 Å². The first-order valence-electron chi connectivity index (χ1n) is 5.77. The lowest BCUT2D eigenvalue weighted by molar-refractivity contribution is 0.392. The number of hydrogen-bond donors (Lipinski definition) is 1. The Morgan fingerprint density at radius 3 is 2.82 bits per heavy atom. The molecule has 2 rings (SSSR count). The van der Waals surface area contributed by atoms with Crippen LogP contribution >= 0.6 is 0 Å². The summed E-state index contributed by atoms with van der Waals surface area (Å²) in [5.41, 5.74) is 3.38. The molecule has 0 aliphatic heterocycles. The van der Waals surface area contributed by atoms with Crippen LogP contribution in [0.15, 0.2) is 16.9 Å². The zero-order valence-corrected chi connectivity index (χ0v) is 10.5. The topological polar surface area (TPSA) is 55.9 Å². The second-order valence-corrected chi connectivity index (χ2v) is 4.25. The lowest BCUT2D eigenvalue weighted by Crippen LogP contribution is -2.17. The number of nitrogens with one attached hydrogen (secondary N) is 1. The normalized spacial score (nSPS) is 11.0. The van der Waals surface area contributed by atoms with E-state index in [-0.39, 0.29) is 0 Å². The molecule has 0 fully saturated rings. The molecule has 0 saturated heterocycles. The van der Waals surface area contributed by atoms with Crippen LogP contribution in [-0.4, -0.2) is 21.5 Å². The maximum absolute atomic E-state index is 5.11. The molecule has 92 valence electrons. The first-order valence-corrected chi connectivity index (χ1v) is 5.77. The Hall–Kier alpha value is -1.62. The van der Waals surface area contributed by atoms with Gasteiger partial charge in [0.25, 0.3) is 0 Å². The molecule has 0 amide bonds. The summed E-state index contributed by atoms with van der Waals surface area (Å²) in [5.74, 6) is 0.899. The quantitative estimate of drug-likeness (QED) is 0.794. The van der Waals surface area contributed by atoms with Crippen LogP contribution in [0.2, 0.25) is 0 Å². The highest BCUT2D eigenvalue weighted by atomic mass is 16.5. The fourth-order valence-corrected chi connectivity index (χ4v) is 1.80. The van der Waals surface area contributed by atoms with Gasteiger partial charge in [0, 0.05) is 25.4 Å². The van der Waals surface area contributed by atoms with Gasteiger partial charge in [-0.25, -0.2) is 0 Å². The Labute approximate surface area is 101 Å². The van der Waals surface area contributed by atoms with Gasteiger partial charge in [-0.15, -0.1) is 0 Å². The number of rotatable bonds is 5. The van der Waals surface area contributed by atoms with E-state index >= 15 is 0 Å². The minimum absolute atomic E-state index is 0.807. The van der Waals surface area contributed by atoms with Crippen LogP contribution in [0.5, 0.6) is 0 Å². The standard InChI is InChI=1S/C12H18N4O/c1-9-12(10(2)17-15-9)7-13-5-4-11-6-14-16(3)8-11/h6,8,13H,4-5,7H2,1-3H3. The smallest absolute Gasteiger partial charge is 0.138 e. The van der Waals surface area contributed by atoms with Crippen molar-refractivity contribution in [1.29, 1.82) is 0 Å². The molecule has 17 heavy (non-hydrogen) atoms. The van der Waals surface area contributed by atoms with Gasteiger partial charge in [0.2, 0.25) is 0 Å². The third-order valence-corrected chi connectivity index (χ3v) is 2.83. The summed E-state index contributed by atoms with van der Waals surface area (Å²) in [4.78, 5) is 0. The highest BCUT2D eigenvalue weighted by Crippen LogP contribution is 2.11. The molecule has 1 N–H and O–H groups in total. The Kier molecular flexibility index (Phi) is 3.58. The van der Waals surface area contributed by atoms with Crippen molar-refractivity contribution in [3.63, 3.8) is 0 Å². The number of nitrogens with zero attached hydrogens (tertiary/aromatic N) is 3. The van der Waals surface area contributed by atoms with Gasteiger partial charge >= 0.3 is 0 Å². The zero-order valence-electron chi connectivity index (χ0n) is 10.5. The van der Waals surface area contributed by atoms with Crippen LogP contribution in [-0.2, 0) is 20.0 Å². The molecule has 0 radical (unpaired) electrons. The molecule has 5 heteroatoms. The summed E-state index contributed by atoms with van der Waals surface area (Å²) in [5, 5.41) is 11.5. The molecule has 0 atom stereocenters. The molecule has 0 spiro atoms. The molecule has 2 heterocycles. The monoisotopic (exact) mass is 234 g/mol. The molecular weight excluding hydrogens is 216 g/mol. The zero-order chi connectivity index (χ0) is 12.3. The predicted octanol–water partition coefficient (Wildman–Crippen LogP) is 1.36. The molecule has 2 aromatic heterocycles. The van der Waals surface area contributed by atoms with Gasteiger partial charge in [0.05, 0.1) is 11.9 Å². The molecule has 5 nitrogen and oxygen atoms in total. The van der Waals surface area contributed by atoms with Crippen molar-refractivity contribution in [2.45, 2.75) is 26.8 Å². The first kappa shape index (κ1) is 11.9. The maximum Gasteiger partial charge on any atom is 0.138 e. The molecule has 0 aromatic carbocycles. The van der Waals surface area contributed by atoms with Crippen molar-refractivity contribution in [2.24, 2.45) is 7.05 Å². The lowest BCUT2D eigenvalue weighted by Gasteiger charge is -2.02. The highest BCUT2D eigenvalue weighted by molar-refractivity contribution is 5.20. The van der Waals surface area contributed by atoms with Gasteiger partial charge in [0.15, 0.2) is 0 Å². The summed E-state index contributed by atoms with van der Waals surface area (Å²) in [6, 6.07) is 0. The van der Waals surface area contributed by atoms with Crippen LogP contribution in [0.4, 0.5) is 0 Å². The van der Waals surface area contributed by atoms with Crippen LogP contribution in [0.3, 0.4) is 0 Å². The van der Waals surface area contributed by atoms with Crippen molar-refractivity contribution < 1.29 is 4.52 Å². The number of aryl methyl sites for hydroxylation is 3. The Bertz CT molecular complexity index is 467. The Morgan fingerprint density at radius 2 is 2.24 bits per heavy atom. The summed E-state index contributed by atoms with van der Waals surface area (Å²) >= 11 is 0. The van der Waals surface area contributed by atoms with E-state index in [0.29, 0.717) is 0 Å². The van der Waals surface area contributed by atoms with Crippen molar-refractivity contribution in [3.8, 4) is 0 Å². The van der Waals surface area contributed by atoms with Gasteiger partial charge < -0.3 is 9.84 Å². The second kappa shape index (κ2) is 5.14. The van der Waals surface area contributed by atoms with E-state index in [1.54, 1.807) is 0 Å². The third kappa shape index (κ3) is 2.94. The molecule has 0 aliphatic carbocycles. The van der Waals surface area contributed by atoms with Crippen LogP contribution in [0.1, 0.15) is 22.6 Å². The molecule has 0 unspecified atom stereocenters. The van der Waals surface area contributed by atoms with E-state index in [2.05, 4.69) is 15.6 Å². The fourth-order valence-electron chi connectivity index (χ4n) is 1.80. The van der Waals surface area contributed by atoms with Gasteiger partial charge in [-0.3, -0.25) is 4.68 Å². The van der Waals surface area contributed by atoms with E-state index in [1.165, 1.54) is 5.56 Å². The summed E-state index contributed by atoms with van der Waals surface area (Å²) in [7, 11) is 1.93. The predicted molar refractivity (Wildman–Crippen MR) is 64.6 cm³/mol. The lowest BCUT2D eigenvalue weighted by atomic mass is 10.2. The van der Waals surface area contributed by atoms with E-state index in [4.69, 9.17) is 4.52 Å². The van der Waals surface area contributed by atoms with Crippen LogP contribution in [0, 0.1) is 13.8 Å². The third-order valence-electron chi connectivity index (χ3n) is 2.83. The van der Waals surface area contributed by atoms with Crippen molar-refractivity contribution in [2.75, 3.05) is 6.54 Å². The SMILES string of the molecule is Cc1noc(C)c1CNCCc1cnn(C)c1. The Balaban J connectivity index is 1.77. The van der Waals surface area contributed by atoms with E-state index in [9.17, 15) is 0 Å². The minimum Gasteiger partial charge on any atom is -0.361 e. The average Bonchev–Trinajstić information content (AvgIpc) is 2.83. The molecule has 2 aromatic rings. The highest BCUT2D eigenvalue weighted by Gasteiger charge is 2.07. The minimum atomic E-state index is 0.807. The van der Waals surface area contributed by atoms with Crippen LogP contribution in [0.25, 0.3) is 0 Å². The number of aromatic nitrogens is 3. The summed E-state index contributed by atoms with van der Waals surface area (Å²) in [6.07, 6.45) is 4.92. The molecular formula is C12H18N4O. The van der Waals surface area contributed by atoms with E-state index in [0.717, 1.165) is 36.5 Å². The van der Waals surface area contributed by atoms with Gasteiger partial charge in [-0.05, 0) is 32.4 Å². The van der Waals surface area contributed by atoms with Crippen LogP contribution < -0.4 is 5.32 Å². The second-order valence-electron chi connectivity index (χ2n) is 4.25. The maximum atomic E-state index is 5.11. The fraction of sp³-hybridized carbons (Fsp3) is 0.500. The van der Waals surface area contributed by atoms with Gasteiger partial charge in [0.1, 0.15) is 5.76 Å². The molecule has 0 saturated carbocycles. The number of hydrogen-bond acceptors (Lipinski definition) is 4. The van der Waals surface area contributed by atoms with E-state index in [1.807, 2.05) is 38.0 Å². The summed E-state index contributed by atoms with van der Waals surface area (Å²) in [6.45, 7) is 5.64. The largest absolute Gasteiger partial charge is 0.361 e. The molecule has 0 bridgehead atoms. The van der Waals surface area contributed by atoms with Gasteiger partial charge in [-0.2, -0.15) is 5.10 Å². The first-order chi connectivity index (χ1) is 8.16. The van der Waals surface area contributed by atoms with Crippen molar-refractivity contribution in [1.82, 2.24) is 20.3 Å². The molecule has 0 aliphatic rings. The average molecular weight is 234 g/mol. The Morgan fingerprint density at radius 1 is 1.41 bits per heavy atom.